The summed E-state index contributed by atoms with van der Waals surface area (Å²) in [6.45, 7) is 3.81. The minimum absolute atomic E-state index is 0.0183. The summed E-state index contributed by atoms with van der Waals surface area (Å²) in [7, 11) is 0. The minimum Gasteiger partial charge on any atom is -0.507 e. The molecular weight excluding hydrogens is 227 g/mol. The number of aromatic nitrogens is 1. The Hall–Kier alpha value is -1.20. The maximum atomic E-state index is 12.9. The van der Waals surface area contributed by atoms with E-state index in [9.17, 15) is 9.50 Å². The maximum Gasteiger partial charge on any atom is 0.217 e. The third kappa shape index (κ3) is 2.15. The molecule has 2 N–H and O–H groups in total. The summed E-state index contributed by atoms with van der Waals surface area (Å²) in [5.74, 6) is -0.652. The van der Waals surface area contributed by atoms with E-state index in [4.69, 9.17) is 0 Å². The Morgan fingerprint density at radius 3 is 3.12 bits per heavy atom. The molecule has 0 unspecified atom stereocenters. The summed E-state index contributed by atoms with van der Waals surface area (Å²) < 4.78 is 12.9. The number of fused-ring (bicyclic) bond motifs is 1. The van der Waals surface area contributed by atoms with Crippen molar-refractivity contribution in [3.8, 4) is 5.75 Å². The molecule has 0 saturated heterocycles. The number of hydrogen-bond donors (Lipinski definition) is 2. The van der Waals surface area contributed by atoms with Crippen molar-refractivity contribution in [2.75, 3.05) is 13.1 Å². The molecule has 0 spiro atoms. The van der Waals surface area contributed by atoms with Gasteiger partial charge in [0.1, 0.15) is 10.6 Å². The fourth-order valence-electron chi connectivity index (χ4n) is 1.64. The second-order valence-corrected chi connectivity index (χ2v) is 4.37. The minimum atomic E-state index is -0.634. The summed E-state index contributed by atoms with van der Waals surface area (Å²) in [6, 6.07) is 1.06. The number of nitrogens with one attached hydrogen (secondary N) is 1. The van der Waals surface area contributed by atoms with E-state index in [1.54, 1.807) is 0 Å². The summed E-state index contributed by atoms with van der Waals surface area (Å²) >= 11 is 1.36. The summed E-state index contributed by atoms with van der Waals surface area (Å²) in [6.07, 6.45) is 0.814. The van der Waals surface area contributed by atoms with Gasteiger partial charge in [0.25, 0.3) is 0 Å². The molecule has 2 aromatic rings. The molecule has 0 amide bonds. The van der Waals surface area contributed by atoms with Crippen molar-refractivity contribution >= 4 is 21.6 Å². The summed E-state index contributed by atoms with van der Waals surface area (Å²) in [4.78, 5) is 4.32. The Kier molecular flexibility index (Phi) is 3.36. The number of rotatable bonds is 4. The molecule has 0 aliphatic rings. The standard InChI is InChI=1S/C11H13FN2OS/c1-2-13-4-3-7-6-16-11-10(7)8(15)5-9(12)14-11/h5-6,13H,2-4H2,1H3,(H,14,15). The Labute approximate surface area is 96.9 Å². The molecular formula is C11H13FN2OS. The Bertz CT molecular complexity index is 498. The van der Waals surface area contributed by atoms with Crippen LogP contribution in [0.4, 0.5) is 4.39 Å². The van der Waals surface area contributed by atoms with Crippen LogP contribution in [0.3, 0.4) is 0 Å². The van der Waals surface area contributed by atoms with Crippen molar-refractivity contribution in [2.45, 2.75) is 13.3 Å². The lowest BCUT2D eigenvalue weighted by Gasteiger charge is -2.02. The van der Waals surface area contributed by atoms with Crippen LogP contribution in [0.5, 0.6) is 5.75 Å². The molecule has 86 valence electrons. The number of halogens is 1. The highest BCUT2D eigenvalue weighted by molar-refractivity contribution is 7.17. The Morgan fingerprint density at radius 1 is 1.56 bits per heavy atom. The first-order valence-corrected chi connectivity index (χ1v) is 6.06. The lowest BCUT2D eigenvalue weighted by molar-refractivity contribution is 0.472. The van der Waals surface area contributed by atoms with Crippen LogP contribution in [0, 0.1) is 5.95 Å². The van der Waals surface area contributed by atoms with Crippen LogP contribution in [-0.4, -0.2) is 23.2 Å². The number of pyridine rings is 1. The van der Waals surface area contributed by atoms with Gasteiger partial charge in [0.15, 0.2) is 0 Å². The highest BCUT2D eigenvalue weighted by Gasteiger charge is 2.11. The quantitative estimate of drug-likeness (QED) is 0.636. The Morgan fingerprint density at radius 2 is 2.38 bits per heavy atom. The van der Waals surface area contributed by atoms with E-state index >= 15 is 0 Å². The molecule has 2 aromatic heterocycles. The van der Waals surface area contributed by atoms with Crippen molar-refractivity contribution < 1.29 is 9.50 Å². The first-order valence-electron chi connectivity index (χ1n) is 5.18. The molecule has 0 radical (unpaired) electrons. The molecule has 0 fully saturated rings. The van der Waals surface area contributed by atoms with Gasteiger partial charge in [-0.1, -0.05) is 6.92 Å². The molecule has 0 bridgehead atoms. The van der Waals surface area contributed by atoms with E-state index in [1.165, 1.54) is 11.3 Å². The van der Waals surface area contributed by atoms with Crippen LogP contribution in [0.15, 0.2) is 11.4 Å². The van der Waals surface area contributed by atoms with Crippen LogP contribution in [0.1, 0.15) is 12.5 Å². The number of thiophene rings is 1. The van der Waals surface area contributed by atoms with Crippen molar-refractivity contribution in [2.24, 2.45) is 0 Å². The van der Waals surface area contributed by atoms with E-state index in [-0.39, 0.29) is 5.75 Å². The topological polar surface area (TPSA) is 45.2 Å². The van der Waals surface area contributed by atoms with Gasteiger partial charge in [-0.2, -0.15) is 4.39 Å². The third-order valence-electron chi connectivity index (χ3n) is 2.39. The molecule has 0 atom stereocenters. The highest BCUT2D eigenvalue weighted by Crippen LogP contribution is 2.32. The monoisotopic (exact) mass is 240 g/mol. The number of nitrogens with zero attached hydrogens (tertiary/aromatic N) is 1. The second-order valence-electron chi connectivity index (χ2n) is 3.51. The summed E-state index contributed by atoms with van der Waals surface area (Å²) in [5.41, 5.74) is 1.02. The lowest BCUT2D eigenvalue weighted by Crippen LogP contribution is -2.15. The largest absolute Gasteiger partial charge is 0.507 e. The van der Waals surface area contributed by atoms with Crippen LogP contribution in [-0.2, 0) is 6.42 Å². The summed E-state index contributed by atoms with van der Waals surface area (Å²) in [5, 5.41) is 15.5. The average Bonchev–Trinajstić information content (AvgIpc) is 2.62. The van der Waals surface area contributed by atoms with Crippen LogP contribution < -0.4 is 5.32 Å². The van der Waals surface area contributed by atoms with Crippen LogP contribution >= 0.6 is 11.3 Å². The van der Waals surface area contributed by atoms with Gasteiger partial charge in [0.05, 0.1) is 5.39 Å². The smallest absolute Gasteiger partial charge is 0.217 e. The van der Waals surface area contributed by atoms with Crippen molar-refractivity contribution in [1.29, 1.82) is 0 Å². The van der Waals surface area contributed by atoms with Gasteiger partial charge in [-0.25, -0.2) is 4.98 Å². The second kappa shape index (κ2) is 4.76. The molecule has 0 aliphatic heterocycles. The highest BCUT2D eigenvalue weighted by atomic mass is 32.1. The zero-order valence-electron chi connectivity index (χ0n) is 8.96. The van der Waals surface area contributed by atoms with Gasteiger partial charge in [0, 0.05) is 6.07 Å². The Balaban J connectivity index is 2.33. The van der Waals surface area contributed by atoms with E-state index in [2.05, 4.69) is 10.3 Å². The number of likely N-dealkylation sites (N-methyl/N-ethyl adjacent to an activating group) is 1. The molecule has 2 rings (SSSR count). The fourth-order valence-corrected chi connectivity index (χ4v) is 2.62. The number of hydrogen-bond acceptors (Lipinski definition) is 4. The maximum absolute atomic E-state index is 12.9. The zero-order valence-corrected chi connectivity index (χ0v) is 9.77. The predicted octanol–water partition coefficient (Wildman–Crippen LogP) is 2.29. The first kappa shape index (κ1) is 11.3. The van der Waals surface area contributed by atoms with Gasteiger partial charge in [-0.15, -0.1) is 11.3 Å². The number of aromatic hydroxyl groups is 1. The third-order valence-corrected chi connectivity index (χ3v) is 3.31. The van der Waals surface area contributed by atoms with Gasteiger partial charge >= 0.3 is 0 Å². The molecule has 16 heavy (non-hydrogen) atoms. The molecule has 2 heterocycles. The predicted molar refractivity (Wildman–Crippen MR) is 63.5 cm³/mol. The lowest BCUT2D eigenvalue weighted by atomic mass is 10.1. The van der Waals surface area contributed by atoms with E-state index in [0.29, 0.717) is 10.2 Å². The van der Waals surface area contributed by atoms with Crippen molar-refractivity contribution in [1.82, 2.24) is 10.3 Å². The molecule has 3 nitrogen and oxygen atoms in total. The average molecular weight is 240 g/mol. The molecule has 0 aliphatic carbocycles. The molecule has 5 heteroatoms. The van der Waals surface area contributed by atoms with Crippen LogP contribution in [0.25, 0.3) is 10.2 Å². The van der Waals surface area contributed by atoms with Crippen LogP contribution in [0.2, 0.25) is 0 Å². The zero-order chi connectivity index (χ0) is 11.5. The molecule has 0 aromatic carbocycles. The van der Waals surface area contributed by atoms with Crippen molar-refractivity contribution in [3.63, 3.8) is 0 Å². The van der Waals surface area contributed by atoms with E-state index < -0.39 is 5.95 Å². The van der Waals surface area contributed by atoms with Gasteiger partial charge in [-0.3, -0.25) is 0 Å². The van der Waals surface area contributed by atoms with Gasteiger partial charge in [0.2, 0.25) is 5.95 Å². The SMILES string of the molecule is CCNCCc1csc2nc(F)cc(O)c12. The van der Waals surface area contributed by atoms with Crippen molar-refractivity contribution in [3.05, 3.63) is 23.0 Å². The van der Waals surface area contributed by atoms with E-state index in [1.807, 2.05) is 12.3 Å². The van der Waals surface area contributed by atoms with Gasteiger partial charge < -0.3 is 10.4 Å². The van der Waals surface area contributed by atoms with E-state index in [0.717, 1.165) is 31.1 Å². The normalized spacial score (nSPS) is 11.1. The fraction of sp³-hybridized carbons (Fsp3) is 0.364. The molecule has 0 saturated carbocycles. The van der Waals surface area contributed by atoms with Gasteiger partial charge in [-0.05, 0) is 30.5 Å². The first-order chi connectivity index (χ1) is 7.72.